The summed E-state index contributed by atoms with van der Waals surface area (Å²) >= 11 is 0. The third-order valence-corrected chi connectivity index (χ3v) is 7.57. The van der Waals surface area contributed by atoms with Gasteiger partial charge in [0.2, 0.25) is 21.8 Å². The maximum atomic E-state index is 13.2. The minimum absolute atomic E-state index is 0.0716. The normalized spacial score (nSPS) is 16.9. The summed E-state index contributed by atoms with van der Waals surface area (Å²) in [6, 6.07) is 9.87. The van der Waals surface area contributed by atoms with Crippen LogP contribution in [0, 0.1) is 6.92 Å². The second-order valence-electron chi connectivity index (χ2n) is 8.03. The van der Waals surface area contributed by atoms with E-state index in [1.165, 1.54) is 24.3 Å². The van der Waals surface area contributed by atoms with E-state index in [1.807, 2.05) is 6.92 Å². The van der Waals surface area contributed by atoms with Gasteiger partial charge in [-0.05, 0) is 51.0 Å². The zero-order valence-electron chi connectivity index (χ0n) is 18.8. The van der Waals surface area contributed by atoms with Gasteiger partial charge in [-0.3, -0.25) is 9.59 Å². The highest BCUT2D eigenvalue weighted by atomic mass is 32.2. The molecule has 0 spiro atoms. The lowest BCUT2D eigenvalue weighted by Crippen LogP contribution is -2.49. The molecule has 3 rings (SSSR count). The Morgan fingerprint density at radius 1 is 1.12 bits per heavy atom. The number of sulfonamides is 1. The summed E-state index contributed by atoms with van der Waals surface area (Å²) in [5, 5.41) is 2.22. The summed E-state index contributed by atoms with van der Waals surface area (Å²) < 4.78 is 67.0. The molecule has 0 aliphatic carbocycles. The number of rotatable bonds is 7. The molecule has 184 valence electrons. The van der Waals surface area contributed by atoms with Gasteiger partial charge in [-0.25, -0.2) is 8.42 Å². The Balaban J connectivity index is 1.75. The third kappa shape index (κ3) is 5.58. The summed E-state index contributed by atoms with van der Waals surface area (Å²) in [4.78, 5) is 26.9. The van der Waals surface area contributed by atoms with Crippen LogP contribution in [0.15, 0.2) is 53.4 Å². The van der Waals surface area contributed by atoms with Gasteiger partial charge in [0.05, 0.1) is 22.7 Å². The predicted molar refractivity (Wildman–Crippen MR) is 120 cm³/mol. The Bertz CT molecular complexity index is 1150. The standard InChI is InChI=1S/C23H26F3N3O4S/c1-3-28(15-21(30)27-19-8-5-4-7-18(19)23(24,25)26)22(31)20-9-6-14-29(20)34(32,33)17-12-10-16(2)11-13-17/h4-5,7-8,10-13,20H,3,6,9,14-15H2,1-2H3,(H,27,30). The van der Waals surface area contributed by atoms with Crippen LogP contribution in [0.1, 0.15) is 30.9 Å². The minimum Gasteiger partial charge on any atom is -0.332 e. The molecule has 2 aromatic rings. The van der Waals surface area contributed by atoms with Crippen LogP contribution in [-0.4, -0.2) is 55.1 Å². The van der Waals surface area contributed by atoms with E-state index < -0.39 is 51.9 Å². The second-order valence-corrected chi connectivity index (χ2v) is 9.92. The molecule has 2 aromatic carbocycles. The average Bonchev–Trinajstić information content (AvgIpc) is 3.28. The Hall–Kier alpha value is -2.92. The molecule has 34 heavy (non-hydrogen) atoms. The first-order valence-electron chi connectivity index (χ1n) is 10.8. The number of para-hydroxylation sites is 1. The first-order valence-corrected chi connectivity index (χ1v) is 12.2. The number of amides is 2. The number of nitrogens with zero attached hydrogens (tertiary/aromatic N) is 2. The zero-order chi connectivity index (χ0) is 25.1. The Morgan fingerprint density at radius 2 is 1.76 bits per heavy atom. The van der Waals surface area contributed by atoms with E-state index in [0.717, 1.165) is 26.9 Å². The van der Waals surface area contributed by atoms with E-state index in [0.29, 0.717) is 12.8 Å². The lowest BCUT2D eigenvalue weighted by Gasteiger charge is -2.29. The van der Waals surface area contributed by atoms with Crippen molar-refractivity contribution in [1.29, 1.82) is 0 Å². The van der Waals surface area contributed by atoms with Gasteiger partial charge in [0.1, 0.15) is 6.04 Å². The van der Waals surface area contributed by atoms with Crippen LogP contribution in [0.25, 0.3) is 0 Å². The number of carbonyl (C=O) groups excluding carboxylic acids is 2. The van der Waals surface area contributed by atoms with Crippen LogP contribution >= 0.6 is 0 Å². The zero-order valence-corrected chi connectivity index (χ0v) is 19.6. The molecule has 0 aromatic heterocycles. The lowest BCUT2D eigenvalue weighted by molar-refractivity contribution is -0.138. The summed E-state index contributed by atoms with van der Waals surface area (Å²) in [6.45, 7) is 3.19. The molecule has 7 nitrogen and oxygen atoms in total. The van der Waals surface area contributed by atoms with Crippen molar-refractivity contribution < 1.29 is 31.2 Å². The van der Waals surface area contributed by atoms with E-state index in [9.17, 15) is 31.2 Å². The van der Waals surface area contributed by atoms with E-state index >= 15 is 0 Å². The Labute approximate surface area is 196 Å². The van der Waals surface area contributed by atoms with E-state index in [-0.39, 0.29) is 18.0 Å². The van der Waals surface area contributed by atoms with Crippen LogP contribution in [0.4, 0.5) is 18.9 Å². The van der Waals surface area contributed by atoms with Crippen molar-refractivity contribution >= 4 is 27.5 Å². The molecule has 0 saturated carbocycles. The second kappa shape index (κ2) is 10.1. The van der Waals surface area contributed by atoms with E-state index in [1.54, 1.807) is 19.1 Å². The van der Waals surface area contributed by atoms with E-state index in [2.05, 4.69) is 5.32 Å². The molecule has 1 saturated heterocycles. The Morgan fingerprint density at radius 3 is 2.38 bits per heavy atom. The number of carbonyl (C=O) groups is 2. The largest absolute Gasteiger partial charge is 0.418 e. The number of alkyl halides is 3. The maximum Gasteiger partial charge on any atom is 0.418 e. The van der Waals surface area contributed by atoms with Crippen molar-refractivity contribution in [2.75, 3.05) is 25.0 Å². The lowest BCUT2D eigenvalue weighted by atomic mass is 10.1. The van der Waals surface area contributed by atoms with Gasteiger partial charge in [-0.1, -0.05) is 29.8 Å². The molecule has 1 aliphatic rings. The topological polar surface area (TPSA) is 86.8 Å². The monoisotopic (exact) mass is 497 g/mol. The van der Waals surface area contributed by atoms with Crippen molar-refractivity contribution in [2.45, 2.75) is 43.8 Å². The van der Waals surface area contributed by atoms with Gasteiger partial charge in [0, 0.05) is 13.1 Å². The highest BCUT2D eigenvalue weighted by molar-refractivity contribution is 7.89. The number of hydrogen-bond acceptors (Lipinski definition) is 4. The van der Waals surface area contributed by atoms with Crippen LogP contribution in [0.3, 0.4) is 0 Å². The van der Waals surface area contributed by atoms with Crippen molar-refractivity contribution in [1.82, 2.24) is 9.21 Å². The van der Waals surface area contributed by atoms with Crippen molar-refractivity contribution in [2.24, 2.45) is 0 Å². The third-order valence-electron chi connectivity index (χ3n) is 5.65. The fourth-order valence-corrected chi connectivity index (χ4v) is 5.53. The highest BCUT2D eigenvalue weighted by Crippen LogP contribution is 2.34. The average molecular weight is 498 g/mol. The highest BCUT2D eigenvalue weighted by Gasteiger charge is 2.41. The van der Waals surface area contributed by atoms with Crippen LogP contribution < -0.4 is 5.32 Å². The molecule has 1 atom stereocenters. The minimum atomic E-state index is -4.65. The molecule has 11 heteroatoms. The van der Waals surface area contributed by atoms with Gasteiger partial charge in [0.15, 0.2) is 0 Å². The van der Waals surface area contributed by atoms with Crippen LogP contribution in [-0.2, 0) is 25.8 Å². The van der Waals surface area contributed by atoms with Crippen LogP contribution in [0.2, 0.25) is 0 Å². The molecule has 1 fully saturated rings. The number of aryl methyl sites for hydroxylation is 1. The number of halogens is 3. The molecule has 1 heterocycles. The van der Waals surface area contributed by atoms with Crippen LogP contribution in [0.5, 0.6) is 0 Å². The molecule has 1 unspecified atom stereocenters. The van der Waals surface area contributed by atoms with E-state index in [4.69, 9.17) is 0 Å². The Kier molecular flexibility index (Phi) is 7.67. The predicted octanol–water partition coefficient (Wildman–Crippen LogP) is 3.65. The van der Waals surface area contributed by atoms with Gasteiger partial charge in [-0.2, -0.15) is 17.5 Å². The molecular formula is C23H26F3N3O4S. The van der Waals surface area contributed by atoms with Crippen molar-refractivity contribution in [3.05, 3.63) is 59.7 Å². The number of nitrogens with one attached hydrogen (secondary N) is 1. The maximum absolute atomic E-state index is 13.2. The van der Waals surface area contributed by atoms with Gasteiger partial charge < -0.3 is 10.2 Å². The summed E-state index contributed by atoms with van der Waals surface area (Å²) in [5.41, 5.74) is -0.514. The van der Waals surface area contributed by atoms with Gasteiger partial charge in [0.25, 0.3) is 0 Å². The number of benzene rings is 2. The smallest absolute Gasteiger partial charge is 0.332 e. The van der Waals surface area contributed by atoms with Gasteiger partial charge >= 0.3 is 6.18 Å². The molecule has 0 radical (unpaired) electrons. The SMILES string of the molecule is CCN(CC(=O)Nc1ccccc1C(F)(F)F)C(=O)C1CCCN1S(=O)(=O)c1ccc(C)cc1. The summed E-state index contributed by atoms with van der Waals surface area (Å²) in [5.74, 6) is -1.37. The number of likely N-dealkylation sites (N-methyl/N-ethyl adjacent to an activating group) is 1. The molecular weight excluding hydrogens is 471 g/mol. The fourth-order valence-electron chi connectivity index (χ4n) is 3.88. The first-order chi connectivity index (χ1) is 15.9. The molecule has 0 bridgehead atoms. The quantitative estimate of drug-likeness (QED) is 0.633. The number of anilines is 1. The number of hydrogen-bond donors (Lipinski definition) is 1. The molecule has 2 amide bonds. The van der Waals surface area contributed by atoms with Crippen molar-refractivity contribution in [3.8, 4) is 0 Å². The first kappa shape index (κ1) is 25.7. The molecule has 1 aliphatic heterocycles. The fraction of sp³-hybridized carbons (Fsp3) is 0.391. The summed E-state index contributed by atoms with van der Waals surface area (Å²) in [7, 11) is -3.93. The summed E-state index contributed by atoms with van der Waals surface area (Å²) in [6.07, 6.45) is -3.89. The van der Waals surface area contributed by atoms with Gasteiger partial charge in [-0.15, -0.1) is 0 Å². The van der Waals surface area contributed by atoms with Crippen molar-refractivity contribution in [3.63, 3.8) is 0 Å². The molecule has 1 N–H and O–H groups in total.